The smallest absolute Gasteiger partial charge is 0.282 e. The zero-order valence-corrected chi connectivity index (χ0v) is 26.2. The van der Waals surface area contributed by atoms with Crippen molar-refractivity contribution in [2.45, 2.75) is 26.7 Å². The lowest BCUT2D eigenvalue weighted by Gasteiger charge is -2.17. The van der Waals surface area contributed by atoms with Gasteiger partial charge >= 0.3 is 0 Å². The molecule has 1 heterocycles. The Kier molecular flexibility index (Phi) is 9.20. The molecule has 5 rings (SSSR count). The minimum absolute atomic E-state index is 0.181. The maximum Gasteiger partial charge on any atom is 0.282 e. The summed E-state index contributed by atoms with van der Waals surface area (Å²) in [5.41, 5.74) is 4.09. The lowest BCUT2D eigenvalue weighted by molar-refractivity contribution is -0.118. The Balaban J connectivity index is 1.44. The first-order valence-corrected chi connectivity index (χ1v) is 14.7. The van der Waals surface area contributed by atoms with Crippen LogP contribution in [0, 0.1) is 12.7 Å². The van der Waals surface area contributed by atoms with Crippen LogP contribution in [0.1, 0.15) is 36.5 Å². The van der Waals surface area contributed by atoms with Crippen LogP contribution in [-0.2, 0) is 4.79 Å². The predicted molar refractivity (Wildman–Crippen MR) is 174 cm³/mol. The van der Waals surface area contributed by atoms with Gasteiger partial charge < -0.3 is 14.8 Å². The highest BCUT2D eigenvalue weighted by atomic mass is 79.9. The minimum atomic E-state index is -0.390. The number of carbonyl (C=O) groups is 1. The summed E-state index contributed by atoms with van der Waals surface area (Å²) >= 11 is 3.49. The summed E-state index contributed by atoms with van der Waals surface area (Å²) in [4.78, 5) is 30.9. The van der Waals surface area contributed by atoms with Gasteiger partial charge in [0.2, 0.25) is 0 Å². The second kappa shape index (κ2) is 13.2. The lowest BCUT2D eigenvalue weighted by atomic mass is 9.96. The normalized spacial score (nSPS) is 11.3. The minimum Gasteiger partial charge on any atom is -0.496 e. The van der Waals surface area contributed by atoms with Gasteiger partial charge in [0, 0.05) is 11.3 Å². The summed E-state index contributed by atoms with van der Waals surface area (Å²) in [6.45, 7) is 5.87. The van der Waals surface area contributed by atoms with E-state index in [0.29, 0.717) is 38.2 Å². The molecule has 0 saturated heterocycles. The Morgan fingerprint density at radius 1 is 1.07 bits per heavy atom. The Morgan fingerprint density at radius 2 is 1.82 bits per heavy atom. The third kappa shape index (κ3) is 6.70. The molecule has 0 atom stereocenters. The zero-order chi connectivity index (χ0) is 31.4. The number of fused-ring (bicyclic) bond motifs is 1. The molecule has 0 fully saturated rings. The van der Waals surface area contributed by atoms with Gasteiger partial charge in [-0.25, -0.2) is 9.37 Å². The summed E-state index contributed by atoms with van der Waals surface area (Å²) < 4.78 is 26.3. The van der Waals surface area contributed by atoms with Gasteiger partial charge in [0.1, 0.15) is 17.3 Å². The number of rotatable bonds is 9. The molecule has 0 saturated carbocycles. The largest absolute Gasteiger partial charge is 0.496 e. The van der Waals surface area contributed by atoms with Gasteiger partial charge in [-0.3, -0.25) is 9.59 Å². The summed E-state index contributed by atoms with van der Waals surface area (Å²) in [7, 11) is 1.64. The van der Waals surface area contributed by atoms with Crippen molar-refractivity contribution < 1.29 is 18.7 Å². The molecule has 0 spiro atoms. The number of aromatic nitrogens is 2. The molecular weight excluding hydrogens is 627 g/mol. The van der Waals surface area contributed by atoms with Crippen molar-refractivity contribution in [3.05, 3.63) is 116 Å². The van der Waals surface area contributed by atoms with E-state index in [1.54, 1.807) is 43.7 Å². The molecule has 0 unspecified atom stereocenters. The van der Waals surface area contributed by atoms with Gasteiger partial charge in [-0.05, 0) is 112 Å². The van der Waals surface area contributed by atoms with E-state index in [2.05, 4.69) is 40.2 Å². The first-order chi connectivity index (χ1) is 21.1. The second-order valence-electron chi connectivity index (χ2n) is 10.4. The SMILES string of the molecule is COc1cc(C)c(-c2nc3ccccc3c(=O)n2N=Cc2ccc(OCC(=O)Nc3ccc(F)cc3)c(Br)c2)cc1C(C)C. The summed E-state index contributed by atoms with van der Waals surface area (Å²) in [6.07, 6.45) is 1.57. The number of benzene rings is 4. The molecule has 224 valence electrons. The van der Waals surface area contributed by atoms with Crippen LogP contribution in [0.4, 0.5) is 10.1 Å². The first-order valence-electron chi connectivity index (χ1n) is 13.9. The van der Waals surface area contributed by atoms with Gasteiger partial charge in [-0.1, -0.05) is 26.0 Å². The first kappa shape index (κ1) is 30.6. The molecule has 0 radical (unpaired) electrons. The summed E-state index contributed by atoms with van der Waals surface area (Å²) in [6, 6.07) is 21.8. The fraction of sp³-hybridized carbons (Fsp3) is 0.176. The van der Waals surface area contributed by atoms with Crippen molar-refractivity contribution in [3.8, 4) is 22.9 Å². The van der Waals surface area contributed by atoms with E-state index in [-0.39, 0.29) is 29.8 Å². The third-order valence-corrected chi connectivity index (χ3v) is 7.58. The zero-order valence-electron chi connectivity index (χ0n) is 24.6. The molecule has 1 amide bonds. The van der Waals surface area contributed by atoms with E-state index in [9.17, 15) is 14.0 Å². The number of para-hydroxylation sites is 1. The average Bonchev–Trinajstić information content (AvgIpc) is 3.01. The topological polar surface area (TPSA) is 94.8 Å². The molecule has 1 aromatic heterocycles. The number of ether oxygens (including phenoxy) is 2. The van der Waals surface area contributed by atoms with Crippen LogP contribution in [0.15, 0.2) is 93.2 Å². The quantitative estimate of drug-likeness (QED) is 0.168. The number of hydrogen-bond donors (Lipinski definition) is 1. The standard InChI is InChI=1S/C34H30BrFN4O4/c1-20(2)26-17-27(21(3)15-31(26)43-4)33-39-29-8-6-5-7-25(29)34(42)40(33)37-18-22-9-14-30(28(35)16-22)44-19-32(41)38-24-12-10-23(36)11-13-24/h5-18,20H,19H2,1-4H3,(H,38,41). The molecule has 10 heteroatoms. The van der Waals surface area contributed by atoms with Gasteiger partial charge in [0.05, 0.1) is 28.7 Å². The highest BCUT2D eigenvalue weighted by molar-refractivity contribution is 9.10. The van der Waals surface area contributed by atoms with E-state index >= 15 is 0 Å². The molecule has 0 aliphatic rings. The van der Waals surface area contributed by atoms with E-state index in [1.807, 2.05) is 31.2 Å². The molecule has 4 aromatic carbocycles. The summed E-state index contributed by atoms with van der Waals surface area (Å²) in [5, 5.41) is 7.70. The molecule has 0 bridgehead atoms. The number of carbonyl (C=O) groups excluding carboxylic acids is 1. The van der Waals surface area contributed by atoms with Crippen LogP contribution in [0.2, 0.25) is 0 Å². The molecule has 1 N–H and O–H groups in total. The number of methoxy groups -OCH3 is 1. The fourth-order valence-corrected chi connectivity index (χ4v) is 5.20. The van der Waals surface area contributed by atoms with E-state index < -0.39 is 0 Å². The van der Waals surface area contributed by atoms with Crippen molar-refractivity contribution in [2.24, 2.45) is 5.10 Å². The maximum absolute atomic E-state index is 13.7. The Hall–Kier alpha value is -4.83. The third-order valence-electron chi connectivity index (χ3n) is 6.96. The van der Waals surface area contributed by atoms with Crippen LogP contribution in [-0.4, -0.2) is 35.5 Å². The van der Waals surface area contributed by atoms with Gasteiger partial charge in [-0.15, -0.1) is 0 Å². The van der Waals surface area contributed by atoms with E-state index in [4.69, 9.17) is 14.5 Å². The predicted octanol–water partition coefficient (Wildman–Crippen LogP) is 7.31. The Labute approximate surface area is 262 Å². The van der Waals surface area contributed by atoms with Crippen molar-refractivity contribution >= 4 is 44.6 Å². The van der Waals surface area contributed by atoms with Gasteiger partial charge in [0.15, 0.2) is 12.4 Å². The number of halogens is 2. The highest BCUT2D eigenvalue weighted by Crippen LogP contribution is 2.34. The van der Waals surface area contributed by atoms with Crippen LogP contribution < -0.4 is 20.3 Å². The molecule has 0 aliphatic carbocycles. The molecular formula is C34H30BrFN4O4. The Morgan fingerprint density at radius 3 is 2.52 bits per heavy atom. The van der Waals surface area contributed by atoms with Crippen molar-refractivity contribution in [1.82, 2.24) is 9.66 Å². The van der Waals surface area contributed by atoms with Crippen LogP contribution in [0.25, 0.3) is 22.3 Å². The lowest BCUT2D eigenvalue weighted by Crippen LogP contribution is -2.21. The number of anilines is 1. The Bertz CT molecular complexity index is 1940. The van der Waals surface area contributed by atoms with Crippen molar-refractivity contribution in [1.29, 1.82) is 0 Å². The van der Waals surface area contributed by atoms with Crippen molar-refractivity contribution in [2.75, 3.05) is 19.0 Å². The summed E-state index contributed by atoms with van der Waals surface area (Å²) in [5.74, 6) is 1.04. The van der Waals surface area contributed by atoms with E-state index in [1.165, 1.54) is 28.9 Å². The molecule has 0 aliphatic heterocycles. The molecule has 5 aromatic rings. The second-order valence-corrected chi connectivity index (χ2v) is 11.3. The molecule has 44 heavy (non-hydrogen) atoms. The highest BCUT2D eigenvalue weighted by Gasteiger charge is 2.18. The van der Waals surface area contributed by atoms with Crippen LogP contribution in [0.3, 0.4) is 0 Å². The van der Waals surface area contributed by atoms with Gasteiger partial charge in [0.25, 0.3) is 11.5 Å². The number of hydrogen-bond acceptors (Lipinski definition) is 6. The number of nitrogens with one attached hydrogen (secondary N) is 1. The van der Waals surface area contributed by atoms with E-state index in [0.717, 1.165) is 22.4 Å². The monoisotopic (exact) mass is 656 g/mol. The fourth-order valence-electron chi connectivity index (χ4n) is 4.68. The van der Waals surface area contributed by atoms with Gasteiger partial charge in [-0.2, -0.15) is 9.78 Å². The number of nitrogens with zero attached hydrogens (tertiary/aromatic N) is 3. The average molecular weight is 658 g/mol. The van der Waals surface area contributed by atoms with Crippen LogP contribution >= 0.6 is 15.9 Å². The number of amides is 1. The van der Waals surface area contributed by atoms with Crippen LogP contribution in [0.5, 0.6) is 11.5 Å². The maximum atomic E-state index is 13.7. The molecule has 8 nitrogen and oxygen atoms in total. The number of aryl methyl sites for hydroxylation is 1. The van der Waals surface area contributed by atoms with Crippen molar-refractivity contribution in [3.63, 3.8) is 0 Å².